The first-order valence-corrected chi connectivity index (χ1v) is 6.27. The number of carboxylic acid groups (broad SMARTS) is 1. The minimum absolute atomic E-state index is 0.139. The molecule has 6 heteroatoms. The van der Waals surface area contributed by atoms with Crippen molar-refractivity contribution in [3.8, 4) is 0 Å². The molecule has 0 saturated carbocycles. The van der Waals surface area contributed by atoms with Gasteiger partial charge in [-0.15, -0.1) is 0 Å². The van der Waals surface area contributed by atoms with Crippen LogP contribution < -0.4 is 5.32 Å². The molecule has 0 aliphatic carbocycles. The molecular formula is C14H17NO5. The second kappa shape index (κ2) is 6.02. The molecule has 0 aromatic heterocycles. The van der Waals surface area contributed by atoms with Gasteiger partial charge in [-0.05, 0) is 24.6 Å². The quantitative estimate of drug-likeness (QED) is 0.859. The molecule has 1 fully saturated rings. The molecule has 1 amide bonds. The Hall–Kier alpha value is -1.92. The Balaban J connectivity index is 1.91. The maximum Gasteiger partial charge on any atom is 0.335 e. The zero-order valence-corrected chi connectivity index (χ0v) is 11.2. The number of rotatable bonds is 4. The maximum atomic E-state index is 12.1. The van der Waals surface area contributed by atoms with Crippen molar-refractivity contribution in [1.82, 2.24) is 5.32 Å². The summed E-state index contributed by atoms with van der Waals surface area (Å²) in [5.74, 6) is -1.11. The largest absolute Gasteiger partial charge is 0.478 e. The van der Waals surface area contributed by atoms with Gasteiger partial charge in [0, 0.05) is 6.54 Å². The lowest BCUT2D eigenvalue weighted by atomic mass is 9.91. The van der Waals surface area contributed by atoms with Gasteiger partial charge in [-0.25, -0.2) is 4.79 Å². The third kappa shape index (κ3) is 3.34. The van der Waals surface area contributed by atoms with E-state index in [0.717, 1.165) is 5.56 Å². The van der Waals surface area contributed by atoms with Gasteiger partial charge in [0.15, 0.2) is 0 Å². The van der Waals surface area contributed by atoms with Crippen LogP contribution in [-0.4, -0.2) is 37.0 Å². The second-order valence-corrected chi connectivity index (χ2v) is 5.06. The number of carbonyl (C=O) groups is 2. The summed E-state index contributed by atoms with van der Waals surface area (Å²) in [5.41, 5.74) is 0.380. The summed E-state index contributed by atoms with van der Waals surface area (Å²) in [6, 6.07) is 6.39. The molecule has 1 aliphatic heterocycles. The van der Waals surface area contributed by atoms with Gasteiger partial charge >= 0.3 is 5.97 Å². The van der Waals surface area contributed by atoms with Crippen molar-refractivity contribution in [3.05, 3.63) is 35.4 Å². The van der Waals surface area contributed by atoms with E-state index >= 15 is 0 Å². The number of carbonyl (C=O) groups excluding carboxylic acids is 1. The van der Waals surface area contributed by atoms with E-state index in [9.17, 15) is 9.59 Å². The third-order valence-electron chi connectivity index (χ3n) is 3.21. The number of amides is 1. The van der Waals surface area contributed by atoms with Crippen LogP contribution in [0.1, 0.15) is 22.8 Å². The van der Waals surface area contributed by atoms with Crippen LogP contribution in [0, 0.1) is 5.41 Å². The lowest BCUT2D eigenvalue weighted by Crippen LogP contribution is -2.47. The molecule has 0 radical (unpaired) electrons. The molecule has 0 unspecified atom stereocenters. The highest BCUT2D eigenvalue weighted by Crippen LogP contribution is 2.21. The first-order chi connectivity index (χ1) is 9.51. The predicted molar refractivity (Wildman–Crippen MR) is 70.1 cm³/mol. The van der Waals surface area contributed by atoms with Crippen molar-refractivity contribution in [3.63, 3.8) is 0 Å². The van der Waals surface area contributed by atoms with Gasteiger partial charge in [-0.3, -0.25) is 4.79 Å². The summed E-state index contributed by atoms with van der Waals surface area (Å²) in [6.45, 7) is 3.01. The van der Waals surface area contributed by atoms with Crippen LogP contribution in [0.4, 0.5) is 0 Å². The Labute approximate surface area is 116 Å². The second-order valence-electron chi connectivity index (χ2n) is 5.06. The average molecular weight is 279 g/mol. The molecule has 1 heterocycles. The van der Waals surface area contributed by atoms with Gasteiger partial charge in [-0.1, -0.05) is 12.1 Å². The Kier molecular flexibility index (Phi) is 4.36. The standard InChI is InChI=1S/C14H17NO5/c1-14(7-19-9-20-8-14)13(18)15-6-10-2-4-11(5-3-10)12(16)17/h2-5H,6-9H2,1H3,(H,15,18)(H,16,17). The molecule has 1 aromatic rings. The van der Waals surface area contributed by atoms with Gasteiger partial charge in [-0.2, -0.15) is 0 Å². The van der Waals surface area contributed by atoms with Gasteiger partial charge in [0.05, 0.1) is 24.2 Å². The van der Waals surface area contributed by atoms with Crippen molar-refractivity contribution in [2.45, 2.75) is 13.5 Å². The topological polar surface area (TPSA) is 84.9 Å². The molecule has 0 spiro atoms. The van der Waals surface area contributed by atoms with E-state index in [0.29, 0.717) is 19.8 Å². The minimum atomic E-state index is -0.968. The summed E-state index contributed by atoms with van der Waals surface area (Å²) < 4.78 is 10.3. The Morgan fingerprint density at radius 2 is 1.85 bits per heavy atom. The van der Waals surface area contributed by atoms with Crippen LogP contribution in [0.2, 0.25) is 0 Å². The first-order valence-electron chi connectivity index (χ1n) is 6.27. The van der Waals surface area contributed by atoms with E-state index in [-0.39, 0.29) is 18.3 Å². The van der Waals surface area contributed by atoms with E-state index in [1.807, 2.05) is 0 Å². The van der Waals surface area contributed by atoms with Crippen LogP contribution in [0.25, 0.3) is 0 Å². The van der Waals surface area contributed by atoms with Crippen LogP contribution in [0.5, 0.6) is 0 Å². The van der Waals surface area contributed by atoms with Crippen molar-refractivity contribution in [2.75, 3.05) is 20.0 Å². The lowest BCUT2D eigenvalue weighted by Gasteiger charge is -2.31. The molecule has 1 aliphatic rings. The van der Waals surface area contributed by atoms with Crippen molar-refractivity contribution in [2.24, 2.45) is 5.41 Å². The molecule has 20 heavy (non-hydrogen) atoms. The summed E-state index contributed by atoms with van der Waals surface area (Å²) in [7, 11) is 0. The van der Waals surface area contributed by atoms with Gasteiger partial charge < -0.3 is 19.9 Å². The fraction of sp³-hybridized carbons (Fsp3) is 0.429. The molecule has 0 bridgehead atoms. The normalized spacial score (nSPS) is 17.4. The van der Waals surface area contributed by atoms with Crippen molar-refractivity contribution >= 4 is 11.9 Å². The highest BCUT2D eigenvalue weighted by Gasteiger charge is 2.36. The number of hydrogen-bond acceptors (Lipinski definition) is 4. The van der Waals surface area contributed by atoms with Gasteiger partial charge in [0.1, 0.15) is 6.79 Å². The molecule has 6 nitrogen and oxygen atoms in total. The smallest absolute Gasteiger partial charge is 0.335 e. The fourth-order valence-corrected chi connectivity index (χ4v) is 1.93. The van der Waals surface area contributed by atoms with Crippen LogP contribution in [0.15, 0.2) is 24.3 Å². The summed E-state index contributed by atoms with van der Waals surface area (Å²) in [4.78, 5) is 22.8. The minimum Gasteiger partial charge on any atom is -0.478 e. The molecule has 0 atom stereocenters. The number of benzene rings is 1. The number of hydrogen-bond donors (Lipinski definition) is 2. The number of carboxylic acids is 1. The molecule has 1 saturated heterocycles. The average Bonchev–Trinajstić information content (AvgIpc) is 2.46. The Morgan fingerprint density at radius 1 is 1.25 bits per heavy atom. The van der Waals surface area contributed by atoms with Gasteiger partial charge in [0.25, 0.3) is 0 Å². The van der Waals surface area contributed by atoms with E-state index in [4.69, 9.17) is 14.6 Å². The highest BCUT2D eigenvalue weighted by molar-refractivity contribution is 5.87. The lowest BCUT2D eigenvalue weighted by molar-refractivity contribution is -0.174. The summed E-state index contributed by atoms with van der Waals surface area (Å²) in [6.07, 6.45) is 0. The third-order valence-corrected chi connectivity index (χ3v) is 3.21. The number of aromatic carboxylic acids is 1. The predicted octanol–water partition coefficient (Wildman–Crippen LogP) is 1.01. The molecular weight excluding hydrogens is 262 g/mol. The summed E-state index contributed by atoms with van der Waals surface area (Å²) in [5, 5.41) is 11.6. The monoisotopic (exact) mass is 279 g/mol. The Morgan fingerprint density at radius 3 is 2.40 bits per heavy atom. The molecule has 108 valence electrons. The zero-order valence-electron chi connectivity index (χ0n) is 11.2. The molecule has 2 N–H and O–H groups in total. The van der Waals surface area contributed by atoms with Crippen molar-refractivity contribution < 1.29 is 24.2 Å². The summed E-state index contributed by atoms with van der Waals surface area (Å²) >= 11 is 0. The SMILES string of the molecule is CC1(C(=O)NCc2ccc(C(=O)O)cc2)COCOC1. The van der Waals surface area contributed by atoms with Crippen LogP contribution >= 0.6 is 0 Å². The van der Waals surface area contributed by atoms with E-state index in [1.165, 1.54) is 12.1 Å². The Bertz CT molecular complexity index is 491. The molecule has 2 rings (SSSR count). The number of nitrogens with one attached hydrogen (secondary N) is 1. The van der Waals surface area contributed by atoms with E-state index in [2.05, 4.69) is 5.32 Å². The van der Waals surface area contributed by atoms with E-state index in [1.54, 1.807) is 19.1 Å². The maximum absolute atomic E-state index is 12.1. The van der Waals surface area contributed by atoms with Gasteiger partial charge in [0.2, 0.25) is 5.91 Å². The zero-order chi connectivity index (χ0) is 14.6. The van der Waals surface area contributed by atoms with Crippen LogP contribution in [-0.2, 0) is 20.8 Å². The molecule has 1 aromatic carbocycles. The number of ether oxygens (including phenoxy) is 2. The highest BCUT2D eigenvalue weighted by atomic mass is 16.7. The van der Waals surface area contributed by atoms with Crippen molar-refractivity contribution in [1.29, 1.82) is 0 Å². The fourth-order valence-electron chi connectivity index (χ4n) is 1.93. The van der Waals surface area contributed by atoms with Crippen LogP contribution in [0.3, 0.4) is 0 Å². The first kappa shape index (κ1) is 14.5. The van der Waals surface area contributed by atoms with E-state index < -0.39 is 11.4 Å².